The molecule has 0 aliphatic rings. The molecule has 0 bridgehead atoms. The van der Waals surface area contributed by atoms with Crippen molar-refractivity contribution in [2.75, 3.05) is 14.2 Å². The van der Waals surface area contributed by atoms with E-state index in [9.17, 15) is 5.11 Å². The van der Waals surface area contributed by atoms with Crippen LogP contribution in [-0.4, -0.2) is 25.6 Å². The van der Waals surface area contributed by atoms with E-state index in [0.717, 1.165) is 4.88 Å². The SMILES string of the molecule is COC(CC(C)(O)c1ccc(C)s1)OC. The van der Waals surface area contributed by atoms with Gasteiger partial charge in [-0.3, -0.25) is 0 Å². The van der Waals surface area contributed by atoms with Gasteiger partial charge in [0.2, 0.25) is 0 Å². The van der Waals surface area contributed by atoms with Crippen molar-refractivity contribution in [1.29, 1.82) is 0 Å². The third-order valence-electron chi connectivity index (χ3n) is 2.36. The van der Waals surface area contributed by atoms with Gasteiger partial charge < -0.3 is 14.6 Å². The van der Waals surface area contributed by atoms with E-state index < -0.39 is 5.60 Å². The summed E-state index contributed by atoms with van der Waals surface area (Å²) in [5.74, 6) is 0. The summed E-state index contributed by atoms with van der Waals surface area (Å²) in [7, 11) is 3.15. The average Bonchev–Trinajstić information content (AvgIpc) is 2.62. The van der Waals surface area contributed by atoms with Crippen LogP contribution in [0.5, 0.6) is 0 Å². The molecule has 0 aromatic carbocycles. The fourth-order valence-corrected chi connectivity index (χ4v) is 2.33. The molecule has 1 heterocycles. The van der Waals surface area contributed by atoms with E-state index >= 15 is 0 Å². The van der Waals surface area contributed by atoms with Crippen LogP contribution in [0.4, 0.5) is 0 Å². The number of methoxy groups -OCH3 is 2. The van der Waals surface area contributed by atoms with Gasteiger partial charge in [0.1, 0.15) is 5.60 Å². The number of ether oxygens (including phenoxy) is 2. The second-order valence-electron chi connectivity index (χ2n) is 3.79. The molecular formula is C11H18O3S. The highest BCUT2D eigenvalue weighted by Crippen LogP contribution is 2.32. The molecule has 1 unspecified atom stereocenters. The molecule has 1 rings (SSSR count). The molecule has 0 radical (unpaired) electrons. The van der Waals surface area contributed by atoms with Crippen molar-refractivity contribution in [3.8, 4) is 0 Å². The van der Waals surface area contributed by atoms with Gasteiger partial charge >= 0.3 is 0 Å². The molecule has 0 saturated carbocycles. The molecule has 3 nitrogen and oxygen atoms in total. The summed E-state index contributed by atoms with van der Waals surface area (Å²) in [6.07, 6.45) is 0.0577. The third-order valence-corrected chi connectivity index (χ3v) is 3.61. The molecule has 0 amide bonds. The van der Waals surface area contributed by atoms with Gasteiger partial charge in [0.05, 0.1) is 0 Å². The van der Waals surface area contributed by atoms with E-state index in [1.54, 1.807) is 32.5 Å². The summed E-state index contributed by atoms with van der Waals surface area (Å²) < 4.78 is 10.2. The van der Waals surface area contributed by atoms with Crippen molar-refractivity contribution >= 4 is 11.3 Å². The number of hydrogen-bond donors (Lipinski definition) is 1. The predicted octanol–water partition coefficient (Wildman–Crippen LogP) is 2.27. The van der Waals surface area contributed by atoms with Crippen LogP contribution in [0.1, 0.15) is 23.1 Å². The topological polar surface area (TPSA) is 38.7 Å². The number of aryl methyl sites for hydroxylation is 1. The van der Waals surface area contributed by atoms with Gasteiger partial charge in [-0.05, 0) is 26.0 Å². The lowest BCUT2D eigenvalue weighted by Gasteiger charge is -2.26. The quantitative estimate of drug-likeness (QED) is 0.789. The maximum atomic E-state index is 10.3. The van der Waals surface area contributed by atoms with E-state index in [1.807, 2.05) is 19.1 Å². The maximum Gasteiger partial charge on any atom is 0.159 e. The summed E-state index contributed by atoms with van der Waals surface area (Å²) in [6, 6.07) is 3.95. The molecule has 1 atom stereocenters. The highest BCUT2D eigenvalue weighted by Gasteiger charge is 2.28. The van der Waals surface area contributed by atoms with Crippen LogP contribution >= 0.6 is 11.3 Å². The number of thiophene rings is 1. The van der Waals surface area contributed by atoms with Crippen LogP contribution in [0.25, 0.3) is 0 Å². The monoisotopic (exact) mass is 230 g/mol. The van der Waals surface area contributed by atoms with E-state index in [1.165, 1.54) is 4.88 Å². The molecule has 15 heavy (non-hydrogen) atoms. The molecule has 1 aromatic heterocycles. The van der Waals surface area contributed by atoms with Gasteiger partial charge in [-0.15, -0.1) is 11.3 Å². The zero-order valence-electron chi connectivity index (χ0n) is 9.61. The van der Waals surface area contributed by atoms with Crippen LogP contribution in [0.3, 0.4) is 0 Å². The first kappa shape index (κ1) is 12.6. The number of hydrogen-bond acceptors (Lipinski definition) is 4. The Morgan fingerprint density at radius 1 is 1.40 bits per heavy atom. The van der Waals surface area contributed by atoms with Crippen LogP contribution in [0.2, 0.25) is 0 Å². The molecular weight excluding hydrogens is 212 g/mol. The van der Waals surface area contributed by atoms with Crippen LogP contribution in [0, 0.1) is 6.92 Å². The lowest BCUT2D eigenvalue weighted by atomic mass is 10.0. The lowest BCUT2D eigenvalue weighted by Crippen LogP contribution is -2.28. The fraction of sp³-hybridized carbons (Fsp3) is 0.636. The van der Waals surface area contributed by atoms with Crippen molar-refractivity contribution in [2.45, 2.75) is 32.2 Å². The average molecular weight is 230 g/mol. The second-order valence-corrected chi connectivity index (χ2v) is 5.08. The number of aliphatic hydroxyl groups is 1. The first-order valence-electron chi connectivity index (χ1n) is 4.84. The smallest absolute Gasteiger partial charge is 0.159 e. The Bertz CT molecular complexity index is 303. The van der Waals surface area contributed by atoms with E-state index in [4.69, 9.17) is 9.47 Å². The Hall–Kier alpha value is -0.420. The Balaban J connectivity index is 2.74. The third kappa shape index (κ3) is 3.28. The molecule has 0 aliphatic carbocycles. The summed E-state index contributed by atoms with van der Waals surface area (Å²) in [5, 5.41) is 10.3. The fourth-order valence-electron chi connectivity index (χ4n) is 1.41. The van der Waals surface area contributed by atoms with Crippen molar-refractivity contribution in [3.63, 3.8) is 0 Å². The van der Waals surface area contributed by atoms with Gasteiger partial charge in [-0.1, -0.05) is 0 Å². The minimum absolute atomic E-state index is 0.373. The van der Waals surface area contributed by atoms with Crippen molar-refractivity contribution in [1.82, 2.24) is 0 Å². The number of rotatable bonds is 5. The van der Waals surface area contributed by atoms with Gasteiger partial charge in [0.15, 0.2) is 6.29 Å². The molecule has 0 saturated heterocycles. The van der Waals surface area contributed by atoms with Crippen LogP contribution < -0.4 is 0 Å². The summed E-state index contributed by atoms with van der Waals surface area (Å²) in [6.45, 7) is 3.80. The van der Waals surface area contributed by atoms with Gasteiger partial charge in [0, 0.05) is 30.4 Å². The standard InChI is InChI=1S/C11H18O3S/c1-8-5-6-9(15-8)11(2,12)7-10(13-3)14-4/h5-6,10,12H,7H2,1-4H3. The molecule has 86 valence electrons. The minimum atomic E-state index is -0.893. The van der Waals surface area contributed by atoms with Crippen LogP contribution in [-0.2, 0) is 15.1 Å². The minimum Gasteiger partial charge on any atom is -0.384 e. The van der Waals surface area contributed by atoms with Crippen molar-refractivity contribution in [3.05, 3.63) is 21.9 Å². The van der Waals surface area contributed by atoms with Gasteiger partial charge in [-0.2, -0.15) is 0 Å². The highest BCUT2D eigenvalue weighted by molar-refractivity contribution is 7.12. The van der Waals surface area contributed by atoms with Crippen molar-refractivity contribution < 1.29 is 14.6 Å². The summed E-state index contributed by atoms with van der Waals surface area (Å²) in [4.78, 5) is 2.13. The van der Waals surface area contributed by atoms with Crippen LogP contribution in [0.15, 0.2) is 12.1 Å². The Kier molecular flexibility index (Phi) is 4.28. The predicted molar refractivity (Wildman–Crippen MR) is 61.0 cm³/mol. The zero-order chi connectivity index (χ0) is 11.5. The first-order chi connectivity index (χ1) is 6.99. The normalized spacial score (nSPS) is 15.6. The lowest BCUT2D eigenvalue weighted by molar-refractivity contribution is -0.141. The van der Waals surface area contributed by atoms with E-state index in [0.29, 0.717) is 6.42 Å². The van der Waals surface area contributed by atoms with Crippen molar-refractivity contribution in [2.24, 2.45) is 0 Å². The maximum absolute atomic E-state index is 10.3. The Morgan fingerprint density at radius 2 is 2.00 bits per heavy atom. The Morgan fingerprint density at radius 3 is 2.40 bits per heavy atom. The second kappa shape index (κ2) is 5.07. The summed E-state index contributed by atoms with van der Waals surface area (Å²) in [5.41, 5.74) is -0.893. The molecule has 0 aliphatic heterocycles. The molecule has 4 heteroatoms. The molecule has 0 spiro atoms. The molecule has 0 fully saturated rings. The Labute approximate surface area is 94.6 Å². The van der Waals surface area contributed by atoms with E-state index in [2.05, 4.69) is 0 Å². The first-order valence-corrected chi connectivity index (χ1v) is 5.66. The highest BCUT2D eigenvalue weighted by atomic mass is 32.1. The zero-order valence-corrected chi connectivity index (χ0v) is 10.4. The van der Waals surface area contributed by atoms with Gasteiger partial charge in [-0.25, -0.2) is 0 Å². The molecule has 1 N–H and O–H groups in total. The van der Waals surface area contributed by atoms with Gasteiger partial charge in [0.25, 0.3) is 0 Å². The summed E-state index contributed by atoms with van der Waals surface area (Å²) >= 11 is 1.60. The largest absolute Gasteiger partial charge is 0.384 e. The molecule has 1 aromatic rings. The van der Waals surface area contributed by atoms with E-state index in [-0.39, 0.29) is 6.29 Å².